The molecule has 0 aromatic heterocycles. The molecule has 0 aliphatic heterocycles. The Balaban J connectivity index is 5.85. The Kier molecular flexibility index (Phi) is 12.4. The zero-order chi connectivity index (χ0) is 32.3. The Morgan fingerprint density at radius 1 is 0.300 bits per heavy atom. The lowest BCUT2D eigenvalue weighted by molar-refractivity contribution is -0.468. The normalized spacial score (nSPS) is 15.6. The summed E-state index contributed by atoms with van der Waals surface area (Å²) in [5, 5.41) is 0. The monoisotopic (exact) mass is 656 g/mol. The Labute approximate surface area is 220 Å². The van der Waals surface area contributed by atoms with E-state index < -0.39 is 72.8 Å². The van der Waals surface area contributed by atoms with Gasteiger partial charge in [0.15, 0.2) is 0 Å². The van der Waals surface area contributed by atoms with Crippen LogP contribution in [-0.4, -0.2) is 59.3 Å². The summed E-state index contributed by atoms with van der Waals surface area (Å²) in [6, 6.07) is 0. The predicted molar refractivity (Wildman–Crippen MR) is 106 cm³/mol. The molecule has 0 amide bonds. The third-order valence-electron chi connectivity index (χ3n) is 5.83. The van der Waals surface area contributed by atoms with E-state index in [0.717, 1.165) is 19.3 Å². The van der Waals surface area contributed by atoms with Gasteiger partial charge in [0, 0.05) is 6.42 Å². The van der Waals surface area contributed by atoms with Gasteiger partial charge in [-0.25, -0.2) is 0 Å². The van der Waals surface area contributed by atoms with Gasteiger partial charge in [-0.05, 0) is 18.6 Å². The highest BCUT2D eigenvalue weighted by molar-refractivity contribution is 7.80. The molecule has 0 aromatic rings. The summed E-state index contributed by atoms with van der Waals surface area (Å²) in [5.41, 5.74) is 0. The minimum absolute atomic E-state index is 0.0214. The number of hydrogen-bond acceptors (Lipinski definition) is 1. The average Bonchev–Trinajstić information content (AvgIpc) is 2.78. The molecule has 0 unspecified atom stereocenters. The molecule has 242 valence electrons. The van der Waals surface area contributed by atoms with E-state index in [-0.39, 0.29) is 6.42 Å². The van der Waals surface area contributed by atoms with Crippen molar-refractivity contribution in [3.05, 3.63) is 0 Å². The van der Waals surface area contributed by atoms with Crippen molar-refractivity contribution in [2.24, 2.45) is 0 Å². The van der Waals surface area contributed by atoms with Crippen LogP contribution in [0.1, 0.15) is 64.2 Å². The van der Waals surface area contributed by atoms with Gasteiger partial charge < -0.3 is 0 Å². The SMILES string of the molecule is FC(F)(F)C(F)(F)C(F)(F)C(F)(F)C(F)(F)C(F)(F)C(F)(F)C(F)(F)C(F)(F)CCCCCCCCCCCS. The van der Waals surface area contributed by atoms with E-state index in [4.69, 9.17) is 0 Å². The smallest absolute Gasteiger partial charge is 0.200 e. The molecule has 0 saturated heterocycles. The third kappa shape index (κ3) is 6.80. The second kappa shape index (κ2) is 12.7. The lowest BCUT2D eigenvalue weighted by Crippen LogP contribution is -2.75. The summed E-state index contributed by atoms with van der Waals surface area (Å²) in [6.07, 6.45) is -7.96. The molecule has 0 fully saturated rings. The molecule has 0 nitrogen and oxygen atoms in total. The quantitative estimate of drug-likeness (QED) is 0.0848. The molecule has 0 spiro atoms. The van der Waals surface area contributed by atoms with Gasteiger partial charge >= 0.3 is 53.6 Å². The van der Waals surface area contributed by atoms with E-state index in [2.05, 4.69) is 12.6 Å². The van der Waals surface area contributed by atoms with E-state index >= 15 is 0 Å². The van der Waals surface area contributed by atoms with Gasteiger partial charge in [0.2, 0.25) is 0 Å². The number of halogens is 19. The number of thiol groups is 1. The summed E-state index contributed by atoms with van der Waals surface area (Å²) >= 11 is 3.97. The Morgan fingerprint density at radius 2 is 0.550 bits per heavy atom. The first kappa shape index (κ1) is 39.0. The maximum atomic E-state index is 13.8. The number of rotatable bonds is 18. The van der Waals surface area contributed by atoms with Gasteiger partial charge in [-0.1, -0.05) is 44.9 Å². The van der Waals surface area contributed by atoms with Crippen LogP contribution in [0.15, 0.2) is 0 Å². The van der Waals surface area contributed by atoms with Crippen molar-refractivity contribution in [2.45, 2.75) is 118 Å². The van der Waals surface area contributed by atoms with Gasteiger partial charge in [-0.3, -0.25) is 0 Å². The number of alkyl halides is 19. The van der Waals surface area contributed by atoms with Crippen molar-refractivity contribution >= 4 is 12.6 Å². The second-order valence-electron chi connectivity index (χ2n) is 8.88. The maximum absolute atomic E-state index is 13.8. The summed E-state index contributed by atoms with van der Waals surface area (Å²) < 4.78 is 252. The van der Waals surface area contributed by atoms with Crippen LogP contribution in [0.2, 0.25) is 0 Å². The highest BCUT2D eigenvalue weighted by Crippen LogP contribution is 2.65. The molecule has 0 aliphatic carbocycles. The van der Waals surface area contributed by atoms with Crippen LogP contribution in [-0.2, 0) is 0 Å². The molecule has 0 bridgehead atoms. The van der Waals surface area contributed by atoms with E-state index in [1.165, 1.54) is 0 Å². The molecule has 0 heterocycles. The fraction of sp³-hybridized carbons (Fsp3) is 1.00. The van der Waals surface area contributed by atoms with Crippen LogP contribution < -0.4 is 0 Å². The first-order chi connectivity index (χ1) is 17.6. The zero-order valence-corrected chi connectivity index (χ0v) is 20.8. The van der Waals surface area contributed by atoms with Crippen molar-refractivity contribution < 1.29 is 83.4 Å². The fourth-order valence-corrected chi connectivity index (χ4v) is 3.47. The van der Waals surface area contributed by atoms with Crippen molar-refractivity contribution in [3.8, 4) is 0 Å². The van der Waals surface area contributed by atoms with Gasteiger partial charge in [0.05, 0.1) is 0 Å². The molecule has 0 N–H and O–H groups in total. The summed E-state index contributed by atoms with van der Waals surface area (Å²) in [5.74, 6) is -65.3. The number of unbranched alkanes of at least 4 members (excludes halogenated alkanes) is 8. The molecule has 0 rings (SSSR count). The van der Waals surface area contributed by atoms with Crippen molar-refractivity contribution in [3.63, 3.8) is 0 Å². The number of hydrogen-bond donors (Lipinski definition) is 1. The van der Waals surface area contributed by atoms with Crippen LogP contribution >= 0.6 is 12.6 Å². The molecule has 0 aliphatic rings. The highest BCUT2D eigenvalue weighted by Gasteiger charge is 2.96. The van der Waals surface area contributed by atoms with Crippen LogP contribution in [0, 0.1) is 0 Å². The lowest BCUT2D eigenvalue weighted by Gasteiger charge is -2.43. The molecular formula is C20H23F19S. The molecule has 40 heavy (non-hydrogen) atoms. The molecule has 0 saturated carbocycles. The van der Waals surface area contributed by atoms with E-state index in [1.54, 1.807) is 0 Å². The minimum atomic E-state index is -8.87. The average molecular weight is 656 g/mol. The van der Waals surface area contributed by atoms with Crippen molar-refractivity contribution in [1.82, 2.24) is 0 Å². The lowest BCUT2D eigenvalue weighted by atomic mass is 9.86. The van der Waals surface area contributed by atoms with Crippen LogP contribution in [0.4, 0.5) is 83.4 Å². The molecule has 0 aromatic carbocycles. The van der Waals surface area contributed by atoms with E-state index in [9.17, 15) is 83.4 Å². The van der Waals surface area contributed by atoms with Crippen LogP contribution in [0.3, 0.4) is 0 Å². The van der Waals surface area contributed by atoms with E-state index in [1.807, 2.05) is 0 Å². The van der Waals surface area contributed by atoms with Crippen molar-refractivity contribution in [1.29, 1.82) is 0 Å². The maximum Gasteiger partial charge on any atom is 0.460 e. The molecule has 20 heteroatoms. The largest absolute Gasteiger partial charge is 0.460 e. The topological polar surface area (TPSA) is 0 Å². The van der Waals surface area contributed by atoms with Gasteiger partial charge in [-0.2, -0.15) is 96.0 Å². The Morgan fingerprint density at radius 3 is 0.850 bits per heavy atom. The summed E-state index contributed by atoms with van der Waals surface area (Å²) in [6.45, 7) is 0. The zero-order valence-electron chi connectivity index (χ0n) is 19.9. The van der Waals surface area contributed by atoms with Gasteiger partial charge in [0.25, 0.3) is 0 Å². The summed E-state index contributed by atoms with van der Waals surface area (Å²) in [4.78, 5) is 0. The minimum Gasteiger partial charge on any atom is -0.200 e. The van der Waals surface area contributed by atoms with Gasteiger partial charge in [0.1, 0.15) is 0 Å². The second-order valence-corrected chi connectivity index (χ2v) is 9.33. The first-order valence-electron chi connectivity index (χ1n) is 11.3. The molecular weight excluding hydrogens is 633 g/mol. The highest BCUT2D eigenvalue weighted by atomic mass is 32.1. The molecule has 0 atom stereocenters. The standard InChI is InChI=1S/C20H23F19S/c21-12(22,10-8-6-4-2-1-3-5-7-9-11-40)13(23,24)14(25,26)15(27,28)16(29,30)17(31,32)18(33,34)19(35,36)20(37,38)39/h40H,1-11H2. The van der Waals surface area contributed by atoms with Crippen LogP contribution in [0.25, 0.3) is 0 Å². The third-order valence-corrected chi connectivity index (χ3v) is 6.15. The fourth-order valence-electron chi connectivity index (χ4n) is 3.25. The Bertz CT molecular complexity index is 787. The predicted octanol–water partition coefficient (Wildman–Crippen LogP) is 10.5. The van der Waals surface area contributed by atoms with E-state index in [0.29, 0.717) is 25.0 Å². The van der Waals surface area contributed by atoms with Crippen LogP contribution in [0.5, 0.6) is 0 Å². The Hall–Kier alpha value is -0.980. The van der Waals surface area contributed by atoms with Crippen molar-refractivity contribution in [2.75, 3.05) is 5.75 Å². The molecule has 0 radical (unpaired) electrons. The van der Waals surface area contributed by atoms with Gasteiger partial charge in [-0.15, -0.1) is 0 Å². The summed E-state index contributed by atoms with van der Waals surface area (Å²) in [7, 11) is 0. The first-order valence-corrected chi connectivity index (χ1v) is 11.9.